The molecule has 1 aromatic rings. The van der Waals surface area contributed by atoms with Gasteiger partial charge in [-0.1, -0.05) is 0 Å². The van der Waals surface area contributed by atoms with E-state index in [1.54, 1.807) is 6.92 Å². The quantitative estimate of drug-likeness (QED) is 0.586. The van der Waals surface area contributed by atoms with Crippen molar-refractivity contribution < 1.29 is 5.11 Å². The molecule has 1 unspecified atom stereocenters. The van der Waals surface area contributed by atoms with Gasteiger partial charge in [-0.05, 0) is 47.7 Å². The molecule has 0 aromatic heterocycles. The number of benzene rings is 1. The van der Waals surface area contributed by atoms with Crippen LogP contribution >= 0.6 is 22.6 Å². The van der Waals surface area contributed by atoms with Gasteiger partial charge in [0.15, 0.2) is 0 Å². The first kappa shape index (κ1) is 10.6. The Hall–Kier alpha value is -0.490. The van der Waals surface area contributed by atoms with Gasteiger partial charge >= 0.3 is 0 Å². The molecule has 0 amide bonds. The third-order valence-electron chi connectivity index (χ3n) is 1.60. The third kappa shape index (κ3) is 3.40. The zero-order valence-electron chi connectivity index (χ0n) is 7.42. The van der Waals surface area contributed by atoms with Crippen molar-refractivity contribution in [3.8, 4) is 0 Å². The van der Waals surface area contributed by atoms with Crippen molar-refractivity contribution in [3.63, 3.8) is 0 Å². The fraction of sp³-hybridized carbons (Fsp3) is 0.333. The maximum atomic E-state index is 9.05. The number of aliphatic hydroxyl groups excluding tert-OH is 1. The van der Waals surface area contributed by atoms with E-state index in [0.29, 0.717) is 12.2 Å². The van der Waals surface area contributed by atoms with E-state index in [1.807, 2.05) is 18.2 Å². The molecule has 0 bridgehead atoms. The van der Waals surface area contributed by atoms with Crippen LogP contribution in [0.4, 0.5) is 11.4 Å². The number of anilines is 2. The lowest BCUT2D eigenvalue weighted by Gasteiger charge is -2.10. The molecular formula is C9H13IN2O. The summed E-state index contributed by atoms with van der Waals surface area (Å²) in [6, 6.07) is 5.78. The summed E-state index contributed by atoms with van der Waals surface area (Å²) < 4.78 is 1.11. The van der Waals surface area contributed by atoms with Crippen molar-refractivity contribution in [3.05, 3.63) is 21.8 Å². The van der Waals surface area contributed by atoms with Gasteiger partial charge in [-0.25, -0.2) is 0 Å². The molecule has 0 spiro atoms. The van der Waals surface area contributed by atoms with Crippen molar-refractivity contribution in [2.45, 2.75) is 13.0 Å². The maximum Gasteiger partial charge on any atom is 0.0684 e. The molecule has 0 radical (unpaired) electrons. The molecule has 4 heteroatoms. The normalized spacial score (nSPS) is 12.5. The van der Waals surface area contributed by atoms with Crippen LogP contribution in [0, 0.1) is 3.57 Å². The van der Waals surface area contributed by atoms with E-state index in [2.05, 4.69) is 27.9 Å². The van der Waals surface area contributed by atoms with E-state index in [1.165, 1.54) is 0 Å². The number of hydrogen-bond donors (Lipinski definition) is 3. The predicted molar refractivity (Wildman–Crippen MR) is 63.7 cm³/mol. The minimum absolute atomic E-state index is 0.362. The van der Waals surface area contributed by atoms with E-state index >= 15 is 0 Å². The van der Waals surface area contributed by atoms with Crippen molar-refractivity contribution in [2.24, 2.45) is 0 Å². The van der Waals surface area contributed by atoms with Crippen LogP contribution in [0.1, 0.15) is 6.92 Å². The second-order valence-electron chi connectivity index (χ2n) is 2.96. The first-order valence-corrected chi connectivity index (χ1v) is 5.14. The standard InChI is InChI=1S/C9H13IN2O/c1-6(13)5-12-9-3-2-7(10)4-8(9)11/h2-4,6,12-13H,5,11H2,1H3. The monoisotopic (exact) mass is 292 g/mol. The number of aliphatic hydroxyl groups is 1. The molecule has 0 saturated heterocycles. The minimum atomic E-state index is -0.362. The van der Waals surface area contributed by atoms with E-state index in [4.69, 9.17) is 10.8 Å². The first-order chi connectivity index (χ1) is 6.09. The molecule has 1 rings (SSSR count). The highest BCUT2D eigenvalue weighted by Gasteiger charge is 2.00. The lowest BCUT2D eigenvalue weighted by Crippen LogP contribution is -2.16. The van der Waals surface area contributed by atoms with Crippen LogP contribution in [0.2, 0.25) is 0 Å². The Morgan fingerprint density at radius 3 is 2.85 bits per heavy atom. The average Bonchev–Trinajstić information content (AvgIpc) is 2.02. The van der Waals surface area contributed by atoms with Gasteiger partial charge in [-0.2, -0.15) is 0 Å². The van der Waals surface area contributed by atoms with Gasteiger partial charge in [0.25, 0.3) is 0 Å². The molecular weight excluding hydrogens is 279 g/mol. The fourth-order valence-corrected chi connectivity index (χ4v) is 1.47. The summed E-state index contributed by atoms with van der Waals surface area (Å²) in [5.41, 5.74) is 7.35. The molecule has 1 atom stereocenters. The lowest BCUT2D eigenvalue weighted by atomic mass is 10.2. The zero-order valence-corrected chi connectivity index (χ0v) is 9.58. The smallest absolute Gasteiger partial charge is 0.0684 e. The maximum absolute atomic E-state index is 9.05. The molecule has 0 aliphatic heterocycles. The van der Waals surface area contributed by atoms with Gasteiger partial charge in [0, 0.05) is 10.1 Å². The largest absolute Gasteiger partial charge is 0.397 e. The second kappa shape index (κ2) is 4.66. The number of rotatable bonds is 3. The molecule has 4 N–H and O–H groups in total. The van der Waals surface area contributed by atoms with Crippen LogP contribution in [0.5, 0.6) is 0 Å². The first-order valence-electron chi connectivity index (χ1n) is 4.06. The molecule has 0 saturated carbocycles. The molecule has 0 heterocycles. The number of hydrogen-bond acceptors (Lipinski definition) is 3. The van der Waals surface area contributed by atoms with Crippen molar-refractivity contribution in [1.29, 1.82) is 0 Å². The summed E-state index contributed by atoms with van der Waals surface area (Å²) in [6.07, 6.45) is -0.362. The Labute approximate surface area is 91.5 Å². The molecule has 0 aliphatic rings. The number of halogens is 1. The predicted octanol–water partition coefficient (Wildman–Crippen LogP) is 1.67. The van der Waals surface area contributed by atoms with E-state index < -0.39 is 0 Å². The summed E-state index contributed by atoms with van der Waals surface area (Å²) in [7, 11) is 0. The van der Waals surface area contributed by atoms with Crippen LogP contribution in [-0.4, -0.2) is 17.8 Å². The van der Waals surface area contributed by atoms with Crippen LogP contribution in [0.25, 0.3) is 0 Å². The van der Waals surface area contributed by atoms with Crippen LogP contribution in [0.15, 0.2) is 18.2 Å². The molecule has 1 aromatic carbocycles. The fourth-order valence-electron chi connectivity index (χ4n) is 0.952. The van der Waals surface area contributed by atoms with Gasteiger partial charge < -0.3 is 16.2 Å². The minimum Gasteiger partial charge on any atom is -0.397 e. The zero-order chi connectivity index (χ0) is 9.84. The van der Waals surface area contributed by atoms with Gasteiger partial charge in [0.05, 0.1) is 17.5 Å². The summed E-state index contributed by atoms with van der Waals surface area (Å²) in [6.45, 7) is 2.25. The number of nitrogens with one attached hydrogen (secondary N) is 1. The van der Waals surface area contributed by atoms with Gasteiger partial charge in [0.1, 0.15) is 0 Å². The molecule has 72 valence electrons. The Bertz CT molecular complexity index is 289. The Kier molecular flexibility index (Phi) is 3.80. The second-order valence-corrected chi connectivity index (χ2v) is 4.21. The molecule has 0 aliphatic carbocycles. The summed E-state index contributed by atoms with van der Waals surface area (Å²) in [5, 5.41) is 12.1. The van der Waals surface area contributed by atoms with Crippen molar-refractivity contribution >= 4 is 34.0 Å². The van der Waals surface area contributed by atoms with Crippen molar-refractivity contribution in [1.82, 2.24) is 0 Å². The van der Waals surface area contributed by atoms with Crippen molar-refractivity contribution in [2.75, 3.05) is 17.6 Å². The highest BCUT2D eigenvalue weighted by Crippen LogP contribution is 2.20. The lowest BCUT2D eigenvalue weighted by molar-refractivity contribution is 0.208. The number of nitrogens with two attached hydrogens (primary N) is 1. The average molecular weight is 292 g/mol. The highest BCUT2D eigenvalue weighted by atomic mass is 127. The van der Waals surface area contributed by atoms with Gasteiger partial charge in [-0.15, -0.1) is 0 Å². The van der Waals surface area contributed by atoms with Gasteiger partial charge in [0.2, 0.25) is 0 Å². The molecule has 0 fully saturated rings. The molecule has 3 nitrogen and oxygen atoms in total. The summed E-state index contributed by atoms with van der Waals surface area (Å²) in [4.78, 5) is 0. The highest BCUT2D eigenvalue weighted by molar-refractivity contribution is 14.1. The summed E-state index contributed by atoms with van der Waals surface area (Å²) >= 11 is 2.21. The van der Waals surface area contributed by atoms with E-state index in [0.717, 1.165) is 9.26 Å². The van der Waals surface area contributed by atoms with Crippen LogP contribution < -0.4 is 11.1 Å². The van der Waals surface area contributed by atoms with E-state index in [-0.39, 0.29) is 6.10 Å². The van der Waals surface area contributed by atoms with E-state index in [9.17, 15) is 0 Å². The Morgan fingerprint density at radius 1 is 1.62 bits per heavy atom. The SMILES string of the molecule is CC(O)CNc1ccc(I)cc1N. The third-order valence-corrected chi connectivity index (χ3v) is 2.27. The topological polar surface area (TPSA) is 58.3 Å². The molecule has 13 heavy (non-hydrogen) atoms. The van der Waals surface area contributed by atoms with Gasteiger partial charge in [-0.3, -0.25) is 0 Å². The number of nitrogen functional groups attached to an aromatic ring is 1. The summed E-state index contributed by atoms with van der Waals surface area (Å²) in [5.74, 6) is 0. The Morgan fingerprint density at radius 2 is 2.31 bits per heavy atom. The van der Waals surface area contributed by atoms with Crippen LogP contribution in [0.3, 0.4) is 0 Å². The van der Waals surface area contributed by atoms with Crippen LogP contribution in [-0.2, 0) is 0 Å². The Balaban J connectivity index is 2.67.